The molecule has 0 saturated carbocycles. The molecule has 2 amide bonds. The lowest BCUT2D eigenvalue weighted by Gasteiger charge is -2.36. The van der Waals surface area contributed by atoms with E-state index in [0.717, 1.165) is 36.8 Å². The molecular weight excluding hydrogens is 384 g/mol. The minimum Gasteiger partial charge on any atom is -0.369 e. The van der Waals surface area contributed by atoms with Crippen LogP contribution in [0, 0.1) is 13.8 Å². The van der Waals surface area contributed by atoms with Gasteiger partial charge in [0, 0.05) is 36.8 Å². The molecule has 0 aromatic heterocycles. The second-order valence-electron chi connectivity index (χ2n) is 7.28. The number of carbonyl (C=O) groups is 2. The summed E-state index contributed by atoms with van der Waals surface area (Å²) in [5.74, 6) is -0.233. The lowest BCUT2D eigenvalue weighted by atomic mass is 10.1. The van der Waals surface area contributed by atoms with Crippen LogP contribution in [0.3, 0.4) is 0 Å². The molecule has 3 N–H and O–H groups in total. The summed E-state index contributed by atoms with van der Waals surface area (Å²) in [6.45, 7) is 8.16. The fraction of sp³-hybridized carbons (Fsp3) is 0.364. The number of rotatable bonds is 7. The number of piperazine rings is 1. The molecular formula is C22H28N4O2S. The predicted molar refractivity (Wildman–Crippen MR) is 120 cm³/mol. The fourth-order valence-electron chi connectivity index (χ4n) is 3.46. The van der Waals surface area contributed by atoms with Gasteiger partial charge < -0.3 is 16.0 Å². The fourth-order valence-corrected chi connectivity index (χ4v) is 4.21. The highest BCUT2D eigenvalue weighted by molar-refractivity contribution is 8.00. The van der Waals surface area contributed by atoms with Gasteiger partial charge in [0.2, 0.25) is 11.8 Å². The highest BCUT2D eigenvalue weighted by atomic mass is 32.2. The van der Waals surface area contributed by atoms with Gasteiger partial charge in [-0.3, -0.25) is 14.5 Å². The number of thioether (sulfide) groups is 1. The molecule has 0 spiro atoms. The number of primary amides is 1. The van der Waals surface area contributed by atoms with Crippen LogP contribution in [0.5, 0.6) is 0 Å². The average Bonchev–Trinajstić information content (AvgIpc) is 2.70. The Labute approximate surface area is 176 Å². The van der Waals surface area contributed by atoms with Crippen molar-refractivity contribution in [1.82, 2.24) is 4.90 Å². The maximum atomic E-state index is 12.6. The van der Waals surface area contributed by atoms with E-state index in [2.05, 4.69) is 47.2 Å². The molecule has 6 nitrogen and oxygen atoms in total. The normalized spacial score (nSPS) is 14.6. The summed E-state index contributed by atoms with van der Waals surface area (Å²) < 4.78 is 0. The maximum absolute atomic E-state index is 12.6. The van der Waals surface area contributed by atoms with Gasteiger partial charge in [-0.25, -0.2) is 0 Å². The quantitative estimate of drug-likeness (QED) is 0.684. The number of nitrogens with two attached hydrogens (primary N) is 1. The highest BCUT2D eigenvalue weighted by Gasteiger charge is 2.21. The molecule has 154 valence electrons. The molecule has 0 atom stereocenters. The van der Waals surface area contributed by atoms with E-state index < -0.39 is 0 Å². The number of benzene rings is 2. The van der Waals surface area contributed by atoms with Crippen LogP contribution in [0.4, 0.5) is 11.4 Å². The van der Waals surface area contributed by atoms with Crippen molar-refractivity contribution < 1.29 is 9.59 Å². The third kappa shape index (κ3) is 5.74. The zero-order chi connectivity index (χ0) is 20.8. The van der Waals surface area contributed by atoms with E-state index in [1.807, 2.05) is 24.3 Å². The van der Waals surface area contributed by atoms with Crippen LogP contribution >= 0.6 is 11.8 Å². The largest absolute Gasteiger partial charge is 0.369 e. The van der Waals surface area contributed by atoms with Gasteiger partial charge in [-0.05, 0) is 43.2 Å². The molecule has 3 rings (SSSR count). The third-order valence-electron chi connectivity index (χ3n) is 5.19. The monoisotopic (exact) mass is 412 g/mol. The maximum Gasteiger partial charge on any atom is 0.238 e. The van der Waals surface area contributed by atoms with E-state index in [1.165, 1.54) is 28.6 Å². The van der Waals surface area contributed by atoms with Crippen molar-refractivity contribution in [2.24, 2.45) is 5.73 Å². The first kappa shape index (κ1) is 21.2. The molecule has 29 heavy (non-hydrogen) atoms. The summed E-state index contributed by atoms with van der Waals surface area (Å²) >= 11 is 1.33. The number of amides is 2. The molecule has 1 fully saturated rings. The zero-order valence-electron chi connectivity index (χ0n) is 17.0. The first-order chi connectivity index (χ1) is 13.9. The topological polar surface area (TPSA) is 78.7 Å². The van der Waals surface area contributed by atoms with Gasteiger partial charge in [0.05, 0.1) is 18.0 Å². The van der Waals surface area contributed by atoms with Crippen molar-refractivity contribution in [3.63, 3.8) is 0 Å². The van der Waals surface area contributed by atoms with E-state index in [-0.39, 0.29) is 17.6 Å². The van der Waals surface area contributed by atoms with Crippen LogP contribution in [-0.2, 0) is 9.59 Å². The van der Waals surface area contributed by atoms with Gasteiger partial charge in [0.1, 0.15) is 0 Å². The van der Waals surface area contributed by atoms with E-state index in [1.54, 1.807) is 0 Å². The summed E-state index contributed by atoms with van der Waals surface area (Å²) in [6, 6.07) is 13.9. The molecule has 0 aliphatic carbocycles. The Balaban J connectivity index is 1.53. The van der Waals surface area contributed by atoms with E-state index in [0.29, 0.717) is 6.54 Å². The summed E-state index contributed by atoms with van der Waals surface area (Å²) in [5, 5.41) is 2.97. The van der Waals surface area contributed by atoms with Crippen LogP contribution in [0.1, 0.15) is 11.1 Å². The molecule has 2 aromatic carbocycles. The Morgan fingerprint density at radius 3 is 2.48 bits per heavy atom. The van der Waals surface area contributed by atoms with Crippen molar-refractivity contribution in [3.8, 4) is 0 Å². The number of hydrogen-bond acceptors (Lipinski definition) is 5. The van der Waals surface area contributed by atoms with E-state index >= 15 is 0 Å². The average molecular weight is 413 g/mol. The Hall–Kier alpha value is -2.51. The molecule has 1 saturated heterocycles. The molecule has 0 radical (unpaired) electrons. The molecule has 7 heteroatoms. The van der Waals surface area contributed by atoms with Crippen molar-refractivity contribution in [1.29, 1.82) is 0 Å². The van der Waals surface area contributed by atoms with Gasteiger partial charge in [-0.15, -0.1) is 11.8 Å². The number of aryl methyl sites for hydroxylation is 1. The summed E-state index contributed by atoms with van der Waals surface area (Å²) in [6.07, 6.45) is 0. The minimum atomic E-state index is -0.377. The Bertz CT molecular complexity index is 879. The SMILES string of the molecule is Cc1cccc(N2CCN(CC(=O)Nc3ccccc3SCC(N)=O)CC2)c1C. The van der Waals surface area contributed by atoms with E-state index in [9.17, 15) is 9.59 Å². The number of hydrogen-bond donors (Lipinski definition) is 2. The molecule has 0 bridgehead atoms. The van der Waals surface area contributed by atoms with Crippen molar-refractivity contribution >= 4 is 35.0 Å². The lowest BCUT2D eigenvalue weighted by molar-refractivity contribution is -0.117. The number of nitrogens with one attached hydrogen (secondary N) is 1. The first-order valence-electron chi connectivity index (χ1n) is 9.77. The van der Waals surface area contributed by atoms with Crippen LogP contribution in [0.15, 0.2) is 47.4 Å². The van der Waals surface area contributed by atoms with Crippen molar-refractivity contribution in [3.05, 3.63) is 53.6 Å². The highest BCUT2D eigenvalue weighted by Crippen LogP contribution is 2.27. The zero-order valence-corrected chi connectivity index (χ0v) is 17.8. The van der Waals surface area contributed by atoms with Gasteiger partial charge in [-0.1, -0.05) is 24.3 Å². The molecule has 1 aliphatic rings. The molecule has 0 unspecified atom stereocenters. The standard InChI is InChI=1S/C22H28N4O2S/c1-16-6-5-8-19(17(16)2)26-12-10-25(11-13-26)14-22(28)24-18-7-3-4-9-20(18)29-15-21(23)27/h3-9H,10-15H2,1-2H3,(H2,23,27)(H,24,28). The van der Waals surface area contributed by atoms with Crippen LogP contribution in [0.2, 0.25) is 0 Å². The van der Waals surface area contributed by atoms with E-state index in [4.69, 9.17) is 5.73 Å². The predicted octanol–water partition coefficient (Wildman–Crippen LogP) is 2.64. The third-order valence-corrected chi connectivity index (χ3v) is 6.28. The Kier molecular flexibility index (Phi) is 7.17. The summed E-state index contributed by atoms with van der Waals surface area (Å²) in [4.78, 5) is 29.0. The van der Waals surface area contributed by atoms with Crippen LogP contribution < -0.4 is 16.0 Å². The molecule has 2 aromatic rings. The second kappa shape index (κ2) is 9.80. The first-order valence-corrected chi connectivity index (χ1v) is 10.8. The minimum absolute atomic E-state index is 0.0442. The van der Waals surface area contributed by atoms with Crippen molar-refractivity contribution in [2.75, 3.05) is 48.7 Å². The smallest absolute Gasteiger partial charge is 0.238 e. The van der Waals surface area contributed by atoms with Gasteiger partial charge in [-0.2, -0.15) is 0 Å². The van der Waals surface area contributed by atoms with Crippen LogP contribution in [-0.4, -0.2) is 55.2 Å². The number of anilines is 2. The number of para-hydroxylation sites is 1. The Morgan fingerprint density at radius 1 is 1.03 bits per heavy atom. The van der Waals surface area contributed by atoms with Gasteiger partial charge >= 0.3 is 0 Å². The van der Waals surface area contributed by atoms with Crippen molar-refractivity contribution in [2.45, 2.75) is 18.7 Å². The molecule has 1 aliphatic heterocycles. The number of carbonyl (C=O) groups excluding carboxylic acids is 2. The molecule has 1 heterocycles. The Morgan fingerprint density at radius 2 is 1.76 bits per heavy atom. The number of nitrogens with zero attached hydrogens (tertiary/aromatic N) is 2. The second-order valence-corrected chi connectivity index (χ2v) is 8.30. The summed E-state index contributed by atoms with van der Waals surface area (Å²) in [7, 11) is 0. The van der Waals surface area contributed by atoms with Crippen LogP contribution in [0.25, 0.3) is 0 Å². The van der Waals surface area contributed by atoms with Gasteiger partial charge in [0.25, 0.3) is 0 Å². The lowest BCUT2D eigenvalue weighted by Crippen LogP contribution is -2.48. The van der Waals surface area contributed by atoms with Gasteiger partial charge in [0.15, 0.2) is 0 Å². The summed E-state index contributed by atoms with van der Waals surface area (Å²) in [5.41, 5.74) is 9.86.